The molecule has 0 amide bonds. The van der Waals surface area contributed by atoms with Crippen LogP contribution >= 0.6 is 0 Å². The van der Waals surface area contributed by atoms with Crippen LogP contribution in [0.15, 0.2) is 32.8 Å². The molecule has 0 fully saturated rings. The van der Waals surface area contributed by atoms with E-state index in [0.717, 1.165) is 18.5 Å². The first kappa shape index (κ1) is 20.8. The van der Waals surface area contributed by atoms with Crippen molar-refractivity contribution in [2.75, 3.05) is 17.5 Å². The van der Waals surface area contributed by atoms with Gasteiger partial charge in [0.1, 0.15) is 16.9 Å². The van der Waals surface area contributed by atoms with E-state index < -0.39 is 40.0 Å². The van der Waals surface area contributed by atoms with Gasteiger partial charge in [-0.25, -0.2) is 18.4 Å². The van der Waals surface area contributed by atoms with E-state index in [0.29, 0.717) is 0 Å². The smallest absolute Gasteiger partial charge is 0.343 e. The molecule has 3 aromatic rings. The fourth-order valence-corrected chi connectivity index (χ4v) is 2.84. The molecule has 158 valence electrons. The highest BCUT2D eigenvalue weighted by molar-refractivity contribution is 5.94. The maximum Gasteiger partial charge on any atom is 0.343 e. The van der Waals surface area contributed by atoms with Crippen molar-refractivity contribution in [3.05, 3.63) is 66.7 Å². The number of carbonyl (C=O) groups is 1. The van der Waals surface area contributed by atoms with Gasteiger partial charge in [0.05, 0.1) is 17.5 Å². The van der Waals surface area contributed by atoms with Crippen LogP contribution in [-0.2, 0) is 11.3 Å². The Hall–Kier alpha value is -3.96. The number of aryl methyl sites for hydroxylation is 1. The quantitative estimate of drug-likeness (QED) is 0.348. The number of rotatable bonds is 6. The van der Waals surface area contributed by atoms with Crippen LogP contribution in [-0.4, -0.2) is 27.1 Å². The van der Waals surface area contributed by atoms with E-state index in [4.69, 9.17) is 4.74 Å². The second-order valence-electron chi connectivity index (χ2n) is 6.06. The van der Waals surface area contributed by atoms with Crippen molar-refractivity contribution >= 4 is 28.2 Å². The molecule has 3 rings (SSSR count). The third-order valence-electron chi connectivity index (χ3n) is 4.23. The number of carbonyl (C=O) groups excluding carboxylic acids is 1. The number of benzene rings is 1. The maximum absolute atomic E-state index is 15.1. The SMILES string of the molecule is CCOC(=O)c1cn(CC)c2c(F)c(NNc3c[nH]c(=O)[nH]c3=O)c(F)cc2c1=O. The minimum Gasteiger partial charge on any atom is -0.462 e. The van der Waals surface area contributed by atoms with Crippen LogP contribution in [0.5, 0.6) is 0 Å². The average molecular weight is 421 g/mol. The van der Waals surface area contributed by atoms with Crippen molar-refractivity contribution in [2.45, 2.75) is 20.4 Å². The summed E-state index contributed by atoms with van der Waals surface area (Å²) in [4.78, 5) is 51.5. The standard InChI is InChI=1S/C18H17F2N5O5/c1-3-25-7-9(17(28)30-4-2)15(26)8-5-10(19)13(12(20)14(8)25)24-23-11-6-21-18(29)22-16(11)27/h5-7,23-24H,3-4H2,1-2H3,(H2,21,22,27,29). The van der Waals surface area contributed by atoms with Gasteiger partial charge in [-0.2, -0.15) is 0 Å². The van der Waals surface area contributed by atoms with E-state index in [1.54, 1.807) is 13.8 Å². The molecule has 2 aromatic heterocycles. The number of anilines is 2. The fraction of sp³-hybridized carbons (Fsp3) is 0.222. The van der Waals surface area contributed by atoms with Gasteiger partial charge >= 0.3 is 11.7 Å². The van der Waals surface area contributed by atoms with Crippen molar-refractivity contribution in [1.82, 2.24) is 14.5 Å². The molecule has 1 aromatic carbocycles. The Morgan fingerprint density at radius 2 is 1.93 bits per heavy atom. The fourth-order valence-electron chi connectivity index (χ4n) is 2.84. The molecule has 0 saturated carbocycles. The number of fused-ring (bicyclic) bond motifs is 1. The Kier molecular flexibility index (Phi) is 5.67. The lowest BCUT2D eigenvalue weighted by Gasteiger charge is -2.16. The minimum absolute atomic E-state index is 0.0313. The summed E-state index contributed by atoms with van der Waals surface area (Å²) in [5.74, 6) is -3.16. The summed E-state index contributed by atoms with van der Waals surface area (Å²) < 4.78 is 35.8. The molecule has 0 bridgehead atoms. The van der Waals surface area contributed by atoms with Crippen LogP contribution in [0.3, 0.4) is 0 Å². The second-order valence-corrected chi connectivity index (χ2v) is 6.06. The summed E-state index contributed by atoms with van der Waals surface area (Å²) in [5.41, 5.74) is 0.619. The van der Waals surface area contributed by atoms with Crippen molar-refractivity contribution in [2.24, 2.45) is 0 Å². The van der Waals surface area contributed by atoms with Crippen molar-refractivity contribution in [3.63, 3.8) is 0 Å². The van der Waals surface area contributed by atoms with E-state index in [1.807, 2.05) is 4.98 Å². The number of hydrogen-bond donors (Lipinski definition) is 4. The highest BCUT2D eigenvalue weighted by atomic mass is 19.1. The normalized spacial score (nSPS) is 10.8. The molecular formula is C18H17F2N5O5. The molecule has 0 saturated heterocycles. The van der Waals surface area contributed by atoms with E-state index >= 15 is 4.39 Å². The van der Waals surface area contributed by atoms with Crippen molar-refractivity contribution < 1.29 is 18.3 Å². The summed E-state index contributed by atoms with van der Waals surface area (Å²) in [5, 5.41) is -0.343. The summed E-state index contributed by atoms with van der Waals surface area (Å²) in [6, 6.07) is 0.788. The predicted octanol–water partition coefficient (Wildman–Crippen LogP) is 1.29. The summed E-state index contributed by atoms with van der Waals surface area (Å²) in [6.45, 7) is 3.41. The zero-order valence-corrected chi connectivity index (χ0v) is 15.9. The number of hydrazine groups is 1. The molecule has 0 spiro atoms. The molecule has 0 aliphatic heterocycles. The van der Waals surface area contributed by atoms with Crippen LogP contribution in [0.1, 0.15) is 24.2 Å². The highest BCUT2D eigenvalue weighted by Crippen LogP contribution is 2.27. The Morgan fingerprint density at radius 1 is 1.20 bits per heavy atom. The van der Waals surface area contributed by atoms with Crippen LogP contribution in [0.2, 0.25) is 0 Å². The summed E-state index contributed by atoms with van der Waals surface area (Å²) >= 11 is 0. The monoisotopic (exact) mass is 421 g/mol. The number of nitrogens with one attached hydrogen (secondary N) is 4. The predicted molar refractivity (Wildman–Crippen MR) is 105 cm³/mol. The van der Waals surface area contributed by atoms with E-state index in [2.05, 4.69) is 15.8 Å². The van der Waals surface area contributed by atoms with Crippen molar-refractivity contribution in [1.29, 1.82) is 0 Å². The molecule has 0 aliphatic carbocycles. The number of aromatic amines is 2. The van der Waals surface area contributed by atoms with E-state index in [9.17, 15) is 23.6 Å². The third kappa shape index (κ3) is 3.66. The van der Waals surface area contributed by atoms with Gasteiger partial charge < -0.3 is 14.3 Å². The first-order chi connectivity index (χ1) is 14.3. The van der Waals surface area contributed by atoms with Gasteiger partial charge in [-0.05, 0) is 19.9 Å². The lowest BCUT2D eigenvalue weighted by Crippen LogP contribution is -2.27. The maximum atomic E-state index is 15.1. The van der Waals surface area contributed by atoms with Crippen LogP contribution in [0, 0.1) is 11.6 Å². The van der Waals surface area contributed by atoms with Gasteiger partial charge in [-0.1, -0.05) is 0 Å². The topological polar surface area (TPSA) is 138 Å². The zero-order chi connectivity index (χ0) is 22.0. The van der Waals surface area contributed by atoms with Gasteiger partial charge in [0.2, 0.25) is 5.43 Å². The molecule has 30 heavy (non-hydrogen) atoms. The summed E-state index contributed by atoms with van der Waals surface area (Å²) in [6.07, 6.45) is 2.16. The number of pyridine rings is 1. The van der Waals surface area contributed by atoms with Gasteiger partial charge in [0, 0.05) is 18.9 Å². The molecule has 0 atom stereocenters. The molecule has 0 aliphatic rings. The third-order valence-corrected chi connectivity index (χ3v) is 4.23. The zero-order valence-electron chi connectivity index (χ0n) is 15.9. The molecule has 10 nitrogen and oxygen atoms in total. The number of halogens is 2. The number of esters is 1. The number of aromatic nitrogens is 3. The number of nitrogens with zero attached hydrogens (tertiary/aromatic N) is 1. The van der Waals surface area contributed by atoms with Gasteiger partial charge in [-0.15, -0.1) is 0 Å². The molecular weight excluding hydrogens is 404 g/mol. The Balaban J connectivity index is 2.13. The largest absolute Gasteiger partial charge is 0.462 e. The molecule has 0 radical (unpaired) electrons. The Labute approximate surface area is 166 Å². The number of ether oxygens (including phenoxy) is 1. The van der Waals surface area contributed by atoms with Gasteiger partial charge in [-0.3, -0.25) is 25.4 Å². The highest BCUT2D eigenvalue weighted by Gasteiger charge is 2.22. The average Bonchev–Trinajstić information content (AvgIpc) is 2.70. The van der Waals surface area contributed by atoms with E-state index in [-0.39, 0.29) is 35.3 Å². The number of hydrogen-bond acceptors (Lipinski definition) is 7. The summed E-state index contributed by atoms with van der Waals surface area (Å²) in [7, 11) is 0. The second kappa shape index (κ2) is 8.19. The first-order valence-electron chi connectivity index (χ1n) is 8.84. The molecule has 0 unspecified atom stereocenters. The molecule has 4 N–H and O–H groups in total. The first-order valence-corrected chi connectivity index (χ1v) is 8.84. The Bertz CT molecular complexity index is 1310. The lowest BCUT2D eigenvalue weighted by molar-refractivity contribution is 0.0524. The lowest BCUT2D eigenvalue weighted by atomic mass is 10.1. The van der Waals surface area contributed by atoms with Crippen LogP contribution < -0.4 is 27.5 Å². The van der Waals surface area contributed by atoms with Crippen molar-refractivity contribution in [3.8, 4) is 0 Å². The molecule has 12 heteroatoms. The van der Waals surface area contributed by atoms with E-state index in [1.165, 1.54) is 4.57 Å². The van der Waals surface area contributed by atoms with Gasteiger partial charge in [0.15, 0.2) is 11.6 Å². The Morgan fingerprint density at radius 3 is 2.57 bits per heavy atom. The van der Waals surface area contributed by atoms with Crippen LogP contribution in [0.25, 0.3) is 10.9 Å². The molecule has 2 heterocycles. The van der Waals surface area contributed by atoms with Crippen LogP contribution in [0.4, 0.5) is 20.2 Å². The van der Waals surface area contributed by atoms with Gasteiger partial charge in [0.25, 0.3) is 5.56 Å². The minimum atomic E-state index is -1.14. The number of H-pyrrole nitrogens is 2.